The van der Waals surface area contributed by atoms with Crippen LogP contribution in [-0.4, -0.2) is 31.0 Å². The Bertz CT molecular complexity index is 1480. The standard InChI is InChI=1S/C24H22ClN5O2S/c1-13-7-8-16(9-14(13)2)30-22-18(11-26-30)23(32)29-17(12-33-24(29)28-22)10-21(31)27-20-6-4-5-19(25)15(20)3/h4-9,11,17H,10,12H2,1-3H3,(H,27,31). The third-order valence-corrected chi connectivity index (χ3v) is 7.58. The number of hydrogen-bond acceptors (Lipinski definition) is 5. The number of amides is 1. The van der Waals surface area contributed by atoms with Gasteiger partial charge in [-0.05, 0) is 61.7 Å². The van der Waals surface area contributed by atoms with Crippen LogP contribution in [0, 0.1) is 20.8 Å². The first-order valence-electron chi connectivity index (χ1n) is 10.6. The molecule has 1 atom stereocenters. The topological polar surface area (TPSA) is 81.8 Å². The predicted octanol–water partition coefficient (Wildman–Crippen LogP) is 4.84. The molecule has 4 aromatic rings. The van der Waals surface area contributed by atoms with Crippen molar-refractivity contribution in [2.45, 2.75) is 38.4 Å². The lowest BCUT2D eigenvalue weighted by Crippen LogP contribution is -2.27. The molecule has 1 N–H and O–H groups in total. The van der Waals surface area contributed by atoms with Crippen molar-refractivity contribution < 1.29 is 4.79 Å². The van der Waals surface area contributed by atoms with Crippen LogP contribution in [0.4, 0.5) is 5.69 Å². The van der Waals surface area contributed by atoms with E-state index < -0.39 is 0 Å². The van der Waals surface area contributed by atoms with E-state index in [1.807, 2.05) is 38.1 Å². The van der Waals surface area contributed by atoms with Crippen molar-refractivity contribution in [2.24, 2.45) is 0 Å². The zero-order valence-corrected chi connectivity index (χ0v) is 20.0. The largest absolute Gasteiger partial charge is 0.326 e. The summed E-state index contributed by atoms with van der Waals surface area (Å²) >= 11 is 7.64. The Morgan fingerprint density at radius 1 is 1.21 bits per heavy atom. The van der Waals surface area contributed by atoms with E-state index in [2.05, 4.69) is 17.3 Å². The van der Waals surface area contributed by atoms with Gasteiger partial charge in [-0.3, -0.25) is 14.2 Å². The molecule has 0 radical (unpaired) electrons. The molecule has 3 heterocycles. The Labute approximate surface area is 199 Å². The van der Waals surface area contributed by atoms with Gasteiger partial charge in [-0.1, -0.05) is 35.5 Å². The lowest BCUT2D eigenvalue weighted by molar-refractivity contribution is -0.116. The van der Waals surface area contributed by atoms with E-state index in [-0.39, 0.29) is 23.9 Å². The number of fused-ring (bicyclic) bond motifs is 2. The van der Waals surface area contributed by atoms with E-state index in [1.54, 1.807) is 27.6 Å². The maximum absolute atomic E-state index is 13.3. The molecule has 0 saturated heterocycles. The Kier molecular flexibility index (Phi) is 5.50. The normalized spacial score (nSPS) is 15.1. The van der Waals surface area contributed by atoms with Crippen LogP contribution >= 0.6 is 23.4 Å². The molecule has 0 fully saturated rings. The summed E-state index contributed by atoms with van der Waals surface area (Å²) in [6.45, 7) is 5.95. The van der Waals surface area contributed by atoms with Gasteiger partial charge in [-0.2, -0.15) is 5.10 Å². The SMILES string of the molecule is Cc1ccc(-n2ncc3c(=O)n4c(nc32)SCC4CC(=O)Nc2cccc(Cl)c2C)cc1C. The van der Waals surface area contributed by atoms with E-state index in [4.69, 9.17) is 16.6 Å². The lowest BCUT2D eigenvalue weighted by atomic mass is 10.1. The average Bonchev–Trinajstić information content (AvgIpc) is 3.38. The van der Waals surface area contributed by atoms with Gasteiger partial charge in [0.05, 0.1) is 17.9 Å². The minimum absolute atomic E-state index is 0.170. The molecule has 1 aliphatic rings. The fourth-order valence-corrected chi connectivity index (χ4v) is 5.29. The van der Waals surface area contributed by atoms with E-state index in [1.165, 1.54) is 17.3 Å². The van der Waals surface area contributed by atoms with E-state index in [0.29, 0.717) is 32.7 Å². The number of halogens is 1. The molecule has 0 saturated carbocycles. The summed E-state index contributed by atoms with van der Waals surface area (Å²) in [6, 6.07) is 11.2. The number of nitrogens with zero attached hydrogens (tertiary/aromatic N) is 4. The summed E-state index contributed by atoms with van der Waals surface area (Å²) in [5.41, 5.74) is 5.04. The molecule has 1 amide bonds. The molecular formula is C24H22ClN5O2S. The monoisotopic (exact) mass is 479 g/mol. The molecule has 0 bridgehead atoms. The number of aromatic nitrogens is 4. The van der Waals surface area contributed by atoms with Gasteiger partial charge >= 0.3 is 0 Å². The summed E-state index contributed by atoms with van der Waals surface area (Å²) in [5, 5.41) is 9.00. The van der Waals surface area contributed by atoms with Gasteiger partial charge in [0, 0.05) is 22.9 Å². The van der Waals surface area contributed by atoms with E-state index >= 15 is 0 Å². The number of benzene rings is 2. The quantitative estimate of drug-likeness (QED) is 0.424. The first-order valence-corrected chi connectivity index (χ1v) is 12.0. The molecule has 1 unspecified atom stereocenters. The van der Waals surface area contributed by atoms with Crippen molar-refractivity contribution in [3.8, 4) is 5.69 Å². The third kappa shape index (κ3) is 3.83. The number of carbonyl (C=O) groups is 1. The van der Waals surface area contributed by atoms with Crippen molar-refractivity contribution >= 4 is 46.0 Å². The first kappa shape index (κ1) is 21.7. The van der Waals surface area contributed by atoms with Gasteiger partial charge < -0.3 is 5.32 Å². The number of anilines is 1. The van der Waals surface area contributed by atoms with Crippen molar-refractivity contribution in [2.75, 3.05) is 11.1 Å². The van der Waals surface area contributed by atoms with Crippen molar-refractivity contribution in [3.63, 3.8) is 0 Å². The average molecular weight is 480 g/mol. The summed E-state index contributed by atoms with van der Waals surface area (Å²) < 4.78 is 3.33. The number of hydrogen-bond donors (Lipinski definition) is 1. The molecular weight excluding hydrogens is 458 g/mol. The van der Waals surface area contributed by atoms with Crippen LogP contribution < -0.4 is 10.9 Å². The zero-order valence-electron chi connectivity index (χ0n) is 18.4. The smallest absolute Gasteiger partial charge is 0.265 e. The van der Waals surface area contributed by atoms with Gasteiger partial charge in [0.15, 0.2) is 10.8 Å². The summed E-state index contributed by atoms with van der Waals surface area (Å²) in [4.78, 5) is 30.8. The first-order chi connectivity index (χ1) is 15.8. The maximum atomic E-state index is 13.3. The van der Waals surface area contributed by atoms with Crippen LogP contribution in [-0.2, 0) is 4.79 Å². The Balaban J connectivity index is 1.45. The third-order valence-electron chi connectivity index (χ3n) is 6.07. The van der Waals surface area contributed by atoms with Crippen LogP contribution in [0.25, 0.3) is 16.7 Å². The summed E-state index contributed by atoms with van der Waals surface area (Å²) in [6.07, 6.45) is 1.73. The number of thioether (sulfide) groups is 1. The molecule has 1 aliphatic heterocycles. The minimum atomic E-state index is -0.279. The van der Waals surface area contributed by atoms with Crippen LogP contribution in [0.5, 0.6) is 0 Å². The van der Waals surface area contributed by atoms with Crippen LogP contribution in [0.2, 0.25) is 5.02 Å². The van der Waals surface area contributed by atoms with Crippen LogP contribution in [0.15, 0.2) is 52.5 Å². The fourth-order valence-electron chi connectivity index (χ4n) is 3.99. The number of nitrogens with one attached hydrogen (secondary N) is 1. The number of carbonyl (C=O) groups excluding carboxylic acids is 1. The molecule has 0 aliphatic carbocycles. The van der Waals surface area contributed by atoms with Crippen molar-refractivity contribution in [3.05, 3.63) is 74.7 Å². The molecule has 5 rings (SSSR count). The predicted molar refractivity (Wildman–Crippen MR) is 132 cm³/mol. The highest BCUT2D eigenvalue weighted by Gasteiger charge is 2.29. The van der Waals surface area contributed by atoms with Gasteiger partial charge in [-0.15, -0.1) is 0 Å². The van der Waals surface area contributed by atoms with Gasteiger partial charge in [0.25, 0.3) is 5.56 Å². The van der Waals surface area contributed by atoms with Crippen LogP contribution in [0.3, 0.4) is 0 Å². The van der Waals surface area contributed by atoms with Crippen LogP contribution in [0.1, 0.15) is 29.2 Å². The second kappa shape index (κ2) is 8.35. The Morgan fingerprint density at radius 2 is 2.03 bits per heavy atom. The highest BCUT2D eigenvalue weighted by atomic mass is 35.5. The van der Waals surface area contributed by atoms with Gasteiger partial charge in [0.2, 0.25) is 5.91 Å². The second-order valence-corrected chi connectivity index (χ2v) is 9.66. The van der Waals surface area contributed by atoms with Crippen molar-refractivity contribution in [1.82, 2.24) is 19.3 Å². The number of rotatable bonds is 4. The second-order valence-electron chi connectivity index (χ2n) is 8.26. The lowest BCUT2D eigenvalue weighted by Gasteiger charge is -2.14. The number of aryl methyl sites for hydroxylation is 2. The van der Waals surface area contributed by atoms with Crippen molar-refractivity contribution in [1.29, 1.82) is 0 Å². The molecule has 2 aromatic heterocycles. The summed E-state index contributed by atoms with van der Waals surface area (Å²) in [7, 11) is 0. The Hall–Kier alpha value is -3.10. The van der Waals surface area contributed by atoms with E-state index in [0.717, 1.165) is 16.8 Å². The van der Waals surface area contributed by atoms with E-state index in [9.17, 15) is 9.59 Å². The molecule has 168 valence electrons. The molecule has 9 heteroatoms. The fraction of sp³-hybridized carbons (Fsp3) is 0.250. The summed E-state index contributed by atoms with van der Waals surface area (Å²) in [5.74, 6) is 0.435. The molecule has 2 aromatic carbocycles. The van der Waals surface area contributed by atoms with Gasteiger partial charge in [0.1, 0.15) is 5.39 Å². The highest BCUT2D eigenvalue weighted by Crippen LogP contribution is 2.34. The minimum Gasteiger partial charge on any atom is -0.326 e. The molecule has 0 spiro atoms. The van der Waals surface area contributed by atoms with Gasteiger partial charge in [-0.25, -0.2) is 9.67 Å². The Morgan fingerprint density at radius 3 is 2.82 bits per heavy atom. The molecule has 7 nitrogen and oxygen atoms in total. The molecule has 33 heavy (non-hydrogen) atoms. The maximum Gasteiger partial charge on any atom is 0.265 e. The highest BCUT2D eigenvalue weighted by molar-refractivity contribution is 7.99. The zero-order chi connectivity index (χ0) is 23.3.